The van der Waals surface area contributed by atoms with Crippen molar-refractivity contribution in [2.45, 2.75) is 5.41 Å². The van der Waals surface area contributed by atoms with Gasteiger partial charge in [-0.1, -0.05) is 94.8 Å². The molecule has 0 fully saturated rings. The van der Waals surface area contributed by atoms with E-state index in [1.165, 1.54) is 11.1 Å². The van der Waals surface area contributed by atoms with E-state index in [9.17, 15) is 0 Å². The largest absolute Gasteiger partial charge is 0.457 e. The van der Waals surface area contributed by atoms with Gasteiger partial charge in [-0.3, -0.25) is 0 Å². The van der Waals surface area contributed by atoms with Crippen molar-refractivity contribution in [2.75, 3.05) is 0 Å². The van der Waals surface area contributed by atoms with E-state index >= 15 is 0 Å². The summed E-state index contributed by atoms with van der Waals surface area (Å²) < 4.78 is 7.36. The lowest BCUT2D eigenvalue weighted by molar-refractivity contribution is 0.434. The van der Waals surface area contributed by atoms with Crippen molar-refractivity contribution in [2.24, 2.45) is 0 Å². The first-order valence-electron chi connectivity index (χ1n) is 8.98. The van der Waals surface area contributed by atoms with Crippen molar-refractivity contribution < 1.29 is 4.74 Å². The van der Waals surface area contributed by atoms with Crippen molar-refractivity contribution in [3.63, 3.8) is 0 Å². The van der Waals surface area contributed by atoms with Crippen molar-refractivity contribution in [1.29, 1.82) is 0 Å². The molecule has 0 amide bonds. The van der Waals surface area contributed by atoms with Crippen LogP contribution in [0.25, 0.3) is 0 Å². The minimum Gasteiger partial charge on any atom is -0.457 e. The summed E-state index contributed by atoms with van der Waals surface area (Å²) in [4.78, 5) is 0. The van der Waals surface area contributed by atoms with Crippen LogP contribution in [0, 0.1) is 0 Å². The first kappa shape index (κ1) is 16.3. The standard InChI is InChI=1S/C25H17BrO/c26-20-12-8-11-19(17-20)25(18-9-2-1-3-10-18)21-13-4-6-15-23(21)27-24-16-7-5-14-22(24)25/h1-17H. The number of fused-ring (bicyclic) bond motifs is 2. The molecule has 4 aromatic rings. The Balaban J connectivity index is 1.97. The Labute approximate surface area is 167 Å². The van der Waals surface area contributed by atoms with E-state index in [0.717, 1.165) is 27.1 Å². The van der Waals surface area contributed by atoms with E-state index in [-0.39, 0.29) is 0 Å². The van der Waals surface area contributed by atoms with Gasteiger partial charge in [0.1, 0.15) is 11.5 Å². The summed E-state index contributed by atoms with van der Waals surface area (Å²) in [6, 6.07) is 36.0. The summed E-state index contributed by atoms with van der Waals surface area (Å²) in [6.45, 7) is 0. The van der Waals surface area contributed by atoms with E-state index in [1.54, 1.807) is 0 Å². The van der Waals surface area contributed by atoms with E-state index in [0.29, 0.717) is 0 Å². The lowest BCUT2D eigenvalue weighted by Crippen LogP contribution is -2.34. The van der Waals surface area contributed by atoms with Crippen LogP contribution in [0.2, 0.25) is 0 Å². The van der Waals surface area contributed by atoms with Crippen LogP contribution in [0.3, 0.4) is 0 Å². The molecule has 0 bridgehead atoms. The Hall–Kier alpha value is -2.84. The number of halogens is 1. The van der Waals surface area contributed by atoms with Gasteiger partial charge < -0.3 is 4.74 Å². The predicted octanol–water partition coefficient (Wildman–Crippen LogP) is 6.94. The third kappa shape index (κ3) is 2.44. The molecule has 130 valence electrons. The van der Waals surface area contributed by atoms with Crippen LogP contribution in [0.4, 0.5) is 0 Å². The van der Waals surface area contributed by atoms with Crippen LogP contribution in [-0.4, -0.2) is 0 Å². The predicted molar refractivity (Wildman–Crippen MR) is 113 cm³/mol. The summed E-state index contributed by atoms with van der Waals surface area (Å²) in [5, 5.41) is 0. The average Bonchev–Trinajstić information content (AvgIpc) is 2.72. The normalized spacial score (nSPS) is 14.0. The SMILES string of the molecule is Brc1cccc(C2(c3ccccc3)c3ccccc3Oc3ccccc32)c1. The maximum Gasteiger partial charge on any atom is 0.132 e. The highest BCUT2D eigenvalue weighted by atomic mass is 79.9. The van der Waals surface area contributed by atoms with Gasteiger partial charge in [-0.25, -0.2) is 0 Å². The topological polar surface area (TPSA) is 9.23 Å². The Kier molecular flexibility index (Phi) is 3.87. The number of para-hydroxylation sites is 2. The van der Waals surface area contributed by atoms with Gasteiger partial charge in [-0.15, -0.1) is 0 Å². The van der Waals surface area contributed by atoms with Crippen LogP contribution in [0.15, 0.2) is 108 Å². The molecule has 2 heteroatoms. The minimum absolute atomic E-state index is 0.434. The summed E-state index contributed by atoms with van der Waals surface area (Å²) >= 11 is 3.67. The highest BCUT2D eigenvalue weighted by Gasteiger charge is 2.45. The third-order valence-electron chi connectivity index (χ3n) is 5.27. The van der Waals surface area contributed by atoms with Crippen LogP contribution in [-0.2, 0) is 5.41 Å². The second kappa shape index (κ2) is 6.40. The number of hydrogen-bond donors (Lipinski definition) is 0. The van der Waals surface area contributed by atoms with Gasteiger partial charge in [0.2, 0.25) is 0 Å². The minimum atomic E-state index is -0.434. The molecule has 1 heterocycles. The van der Waals surface area contributed by atoms with Gasteiger partial charge in [0.05, 0.1) is 5.41 Å². The second-order valence-corrected chi connectivity index (χ2v) is 7.64. The number of rotatable bonds is 2. The quantitative estimate of drug-likeness (QED) is 0.305. The first-order chi connectivity index (χ1) is 13.3. The molecule has 0 spiro atoms. The van der Waals surface area contributed by atoms with Crippen LogP contribution in [0.1, 0.15) is 22.3 Å². The third-order valence-corrected chi connectivity index (χ3v) is 5.76. The fourth-order valence-corrected chi connectivity index (χ4v) is 4.59. The second-order valence-electron chi connectivity index (χ2n) is 6.72. The van der Waals surface area contributed by atoms with Crippen LogP contribution < -0.4 is 4.74 Å². The van der Waals surface area contributed by atoms with Gasteiger partial charge in [-0.05, 0) is 35.4 Å². The van der Waals surface area contributed by atoms with Gasteiger partial charge in [0, 0.05) is 15.6 Å². The van der Waals surface area contributed by atoms with E-state index in [4.69, 9.17) is 4.74 Å². The fraction of sp³-hybridized carbons (Fsp3) is 0.0400. The lowest BCUT2D eigenvalue weighted by Gasteiger charge is -2.41. The molecular formula is C25H17BrO. The van der Waals surface area contributed by atoms with Crippen LogP contribution in [0.5, 0.6) is 11.5 Å². The number of hydrogen-bond acceptors (Lipinski definition) is 1. The molecule has 1 aliphatic heterocycles. The molecular weight excluding hydrogens is 396 g/mol. The van der Waals surface area contributed by atoms with Gasteiger partial charge in [0.15, 0.2) is 0 Å². The Morgan fingerprint density at radius 3 is 1.74 bits per heavy atom. The highest BCUT2D eigenvalue weighted by Crippen LogP contribution is 2.55. The van der Waals surface area contributed by atoms with Gasteiger partial charge >= 0.3 is 0 Å². The molecule has 0 atom stereocenters. The van der Waals surface area contributed by atoms with Gasteiger partial charge in [0.25, 0.3) is 0 Å². The maximum atomic E-state index is 6.29. The molecule has 0 aromatic heterocycles. The summed E-state index contributed by atoms with van der Waals surface area (Å²) in [7, 11) is 0. The molecule has 1 nitrogen and oxygen atoms in total. The Morgan fingerprint density at radius 2 is 1.11 bits per heavy atom. The molecule has 5 rings (SSSR count). The molecule has 27 heavy (non-hydrogen) atoms. The molecule has 0 unspecified atom stereocenters. The first-order valence-corrected chi connectivity index (χ1v) is 9.78. The zero-order valence-electron chi connectivity index (χ0n) is 14.6. The van der Waals surface area contributed by atoms with E-state index in [2.05, 4.69) is 107 Å². The molecule has 4 aromatic carbocycles. The Bertz CT molecular complexity index is 1070. The lowest BCUT2D eigenvalue weighted by atomic mass is 9.64. The van der Waals surface area contributed by atoms with Crippen molar-refractivity contribution in [1.82, 2.24) is 0 Å². The number of benzene rings is 4. The maximum absolute atomic E-state index is 6.29. The van der Waals surface area contributed by atoms with Crippen LogP contribution >= 0.6 is 15.9 Å². The highest BCUT2D eigenvalue weighted by molar-refractivity contribution is 9.10. The average molecular weight is 413 g/mol. The zero-order chi connectivity index (χ0) is 18.3. The van der Waals surface area contributed by atoms with Crippen molar-refractivity contribution in [3.05, 3.63) is 130 Å². The monoisotopic (exact) mass is 412 g/mol. The van der Waals surface area contributed by atoms with E-state index in [1.807, 2.05) is 12.1 Å². The summed E-state index contributed by atoms with van der Waals surface area (Å²) in [5.74, 6) is 1.81. The fourth-order valence-electron chi connectivity index (χ4n) is 4.19. The zero-order valence-corrected chi connectivity index (χ0v) is 16.2. The summed E-state index contributed by atoms with van der Waals surface area (Å²) in [6.07, 6.45) is 0. The van der Waals surface area contributed by atoms with Gasteiger partial charge in [-0.2, -0.15) is 0 Å². The van der Waals surface area contributed by atoms with Crippen molar-refractivity contribution in [3.8, 4) is 11.5 Å². The molecule has 0 radical (unpaired) electrons. The Morgan fingerprint density at radius 1 is 0.556 bits per heavy atom. The molecule has 0 saturated heterocycles. The molecule has 0 N–H and O–H groups in total. The number of ether oxygens (including phenoxy) is 1. The van der Waals surface area contributed by atoms with E-state index < -0.39 is 5.41 Å². The smallest absolute Gasteiger partial charge is 0.132 e. The van der Waals surface area contributed by atoms with Crippen molar-refractivity contribution >= 4 is 15.9 Å². The molecule has 0 saturated carbocycles. The summed E-state index contributed by atoms with van der Waals surface area (Å²) in [5.41, 5.74) is 4.33. The molecule has 0 aliphatic carbocycles. The molecule has 1 aliphatic rings.